The first-order chi connectivity index (χ1) is 18.1. The van der Waals surface area contributed by atoms with Gasteiger partial charge in [-0.25, -0.2) is 0 Å². The summed E-state index contributed by atoms with van der Waals surface area (Å²) in [5.74, 6) is 6.52. The van der Waals surface area contributed by atoms with E-state index in [9.17, 15) is 5.26 Å². The normalized spacial score (nSPS) is 40.5. The van der Waals surface area contributed by atoms with Crippen LogP contribution >= 0.6 is 0 Å². The van der Waals surface area contributed by atoms with Crippen LogP contribution in [0.2, 0.25) is 0 Å². The van der Waals surface area contributed by atoms with Crippen LogP contribution < -0.4 is 0 Å². The van der Waals surface area contributed by atoms with Crippen LogP contribution in [0.3, 0.4) is 0 Å². The Labute approximate surface area is 241 Å². The molecule has 3 nitrogen and oxygen atoms in total. The van der Waals surface area contributed by atoms with Crippen LogP contribution in [0.15, 0.2) is 12.4 Å². The maximum atomic E-state index is 10.6. The number of rotatable bonds is 5. The molecule has 4 saturated carbocycles. The third-order valence-corrected chi connectivity index (χ3v) is 12.7. The van der Waals surface area contributed by atoms with Crippen molar-refractivity contribution in [3.8, 4) is 18.4 Å². The Morgan fingerprint density at radius 2 is 1.82 bits per heavy atom. The minimum atomic E-state index is -0.427. The summed E-state index contributed by atoms with van der Waals surface area (Å²) in [7, 11) is 0. The molecule has 0 aromatic carbocycles. The van der Waals surface area contributed by atoms with Crippen molar-refractivity contribution in [1.82, 2.24) is 9.78 Å². The van der Waals surface area contributed by atoms with E-state index < -0.39 is 5.41 Å². The van der Waals surface area contributed by atoms with Crippen molar-refractivity contribution >= 4 is 0 Å². The van der Waals surface area contributed by atoms with Crippen molar-refractivity contribution in [2.24, 2.45) is 51.2 Å². The van der Waals surface area contributed by atoms with Crippen molar-refractivity contribution < 1.29 is 0 Å². The fourth-order valence-corrected chi connectivity index (χ4v) is 10.7. The molecule has 0 aliphatic heterocycles. The lowest BCUT2D eigenvalue weighted by Crippen LogP contribution is -2.60. The number of fused-ring (bicyclic) bond motifs is 5. The lowest BCUT2D eigenvalue weighted by molar-refractivity contribution is -0.187. The summed E-state index contributed by atoms with van der Waals surface area (Å²) in [4.78, 5) is 0. The predicted octanol–water partition coefficient (Wildman–Crippen LogP) is 9.91. The van der Waals surface area contributed by atoms with Gasteiger partial charge in [0.25, 0.3) is 0 Å². The van der Waals surface area contributed by atoms with Crippen molar-refractivity contribution in [3.05, 3.63) is 18.0 Å². The number of terminal acetylenes is 1. The van der Waals surface area contributed by atoms with E-state index >= 15 is 0 Å². The first-order valence-electron chi connectivity index (χ1n) is 16.0. The molecule has 0 saturated heterocycles. The largest absolute Gasteiger partial charge is 0.270 e. The summed E-state index contributed by atoms with van der Waals surface area (Å²) in [5, 5.41) is 15.1. The van der Waals surface area contributed by atoms with Crippen molar-refractivity contribution in [1.29, 1.82) is 5.26 Å². The molecular weight excluding hydrogens is 474 g/mol. The third kappa shape index (κ3) is 5.22. The zero-order chi connectivity index (χ0) is 27.8. The van der Waals surface area contributed by atoms with E-state index in [1.807, 2.05) is 24.7 Å². The fourth-order valence-electron chi connectivity index (χ4n) is 10.7. The molecule has 39 heavy (non-hydrogen) atoms. The summed E-state index contributed by atoms with van der Waals surface area (Å²) in [6.07, 6.45) is 25.7. The first-order valence-corrected chi connectivity index (χ1v) is 16.0. The van der Waals surface area contributed by atoms with Crippen molar-refractivity contribution in [2.75, 3.05) is 0 Å². The van der Waals surface area contributed by atoms with Gasteiger partial charge >= 0.3 is 0 Å². The Morgan fingerprint density at radius 3 is 2.46 bits per heavy atom. The molecule has 4 aliphatic carbocycles. The molecule has 9 atom stereocenters. The number of hydrogen-bond acceptors (Lipinski definition) is 2. The fraction of sp³-hybridized carbons (Fsp3) is 0.833. The van der Waals surface area contributed by atoms with E-state index in [4.69, 9.17) is 6.42 Å². The Hall–Kier alpha value is -1.74. The monoisotopic (exact) mass is 533 g/mol. The lowest BCUT2D eigenvalue weighted by Gasteiger charge is -2.68. The highest BCUT2D eigenvalue weighted by atomic mass is 15.3. The van der Waals surface area contributed by atoms with E-state index in [0.717, 1.165) is 29.2 Å². The Balaban J connectivity index is 0.00000137. The summed E-state index contributed by atoms with van der Waals surface area (Å²) in [6.45, 7) is 17.2. The molecule has 0 spiro atoms. The average Bonchev–Trinajstić information content (AvgIpc) is 3.37. The maximum Gasteiger partial charge on any atom is 0.0774 e. The van der Waals surface area contributed by atoms with Gasteiger partial charge in [-0.15, -0.1) is 6.42 Å². The molecule has 4 fully saturated rings. The van der Waals surface area contributed by atoms with Crippen molar-refractivity contribution in [2.45, 2.75) is 139 Å². The molecule has 1 heterocycles. The van der Waals surface area contributed by atoms with Crippen LogP contribution in [0, 0.1) is 74.9 Å². The topological polar surface area (TPSA) is 41.6 Å². The number of nitriles is 1. The van der Waals surface area contributed by atoms with E-state index in [1.165, 1.54) is 77.0 Å². The first kappa shape index (κ1) is 31.8. The van der Waals surface area contributed by atoms with Gasteiger partial charge in [0.15, 0.2) is 0 Å². The van der Waals surface area contributed by atoms with Gasteiger partial charge in [-0.1, -0.05) is 74.2 Å². The molecule has 0 radical (unpaired) electrons. The zero-order valence-electron chi connectivity index (χ0n) is 25.7. The van der Waals surface area contributed by atoms with Gasteiger partial charge in [0.1, 0.15) is 0 Å². The number of aromatic nitrogens is 2. The molecule has 1 aromatic rings. The van der Waals surface area contributed by atoms with E-state index in [0.29, 0.717) is 23.3 Å². The highest BCUT2D eigenvalue weighted by Crippen LogP contribution is 2.71. The van der Waals surface area contributed by atoms with Gasteiger partial charge in [0, 0.05) is 6.20 Å². The molecule has 1 aromatic heterocycles. The van der Waals surface area contributed by atoms with Gasteiger partial charge in [-0.3, -0.25) is 4.68 Å². The van der Waals surface area contributed by atoms with Gasteiger partial charge < -0.3 is 0 Å². The molecule has 0 bridgehead atoms. The molecule has 5 rings (SSSR count). The van der Waals surface area contributed by atoms with Gasteiger partial charge in [-0.05, 0) is 111 Å². The summed E-state index contributed by atoms with van der Waals surface area (Å²) in [5.41, 5.74) is 1.63. The second kappa shape index (κ2) is 12.0. The third-order valence-electron chi connectivity index (χ3n) is 12.7. The lowest BCUT2D eigenvalue weighted by atomic mass is 9.37. The standard InChI is InChI=1S/C33H49N3.C2H6.CH4/c1-7-10-25-13-18-33(6)28-15-17-32(5)27(26(28)14-16-31(33,4)19-25)11-9-12-29(32)30(3,22-34)23-36-21-24(8-2)20-35-36;1-2;/h2,20-21,25-29H,7,9-19,23H2,1,3-6H3;1-2H3;1H4/t25?,26?,27?,28?,29?,30-,31?,32?,33?;;/m0../s1. The minimum absolute atomic E-state index is 0. The molecule has 8 unspecified atom stereocenters. The molecule has 0 amide bonds. The van der Waals surface area contributed by atoms with Crippen LogP contribution in [-0.2, 0) is 6.54 Å². The van der Waals surface area contributed by atoms with Crippen molar-refractivity contribution in [3.63, 3.8) is 0 Å². The second-order valence-corrected chi connectivity index (χ2v) is 14.4. The van der Waals surface area contributed by atoms with Crippen LogP contribution in [0.1, 0.15) is 139 Å². The van der Waals surface area contributed by atoms with Crippen LogP contribution in [0.25, 0.3) is 0 Å². The molecule has 0 N–H and O–H groups in total. The van der Waals surface area contributed by atoms with Gasteiger partial charge in [-0.2, -0.15) is 10.4 Å². The highest BCUT2D eigenvalue weighted by molar-refractivity contribution is 5.26. The Bertz CT molecular complexity index is 1040. The SMILES string of the molecule is C.C#Cc1cnn(C[C@](C)(C#N)C2CCCC3C4CCC5(C)CC(CCC)CCC5(C)C4CCC32C)c1.CC. The summed E-state index contributed by atoms with van der Waals surface area (Å²) >= 11 is 0. The zero-order valence-corrected chi connectivity index (χ0v) is 25.7. The van der Waals surface area contributed by atoms with Gasteiger partial charge in [0.2, 0.25) is 0 Å². The highest BCUT2D eigenvalue weighted by Gasteiger charge is 2.63. The number of hydrogen-bond donors (Lipinski definition) is 0. The smallest absolute Gasteiger partial charge is 0.0774 e. The molecule has 218 valence electrons. The summed E-state index contributed by atoms with van der Waals surface area (Å²) in [6, 6.07) is 2.82. The molecule has 3 heteroatoms. The summed E-state index contributed by atoms with van der Waals surface area (Å²) < 4.78 is 1.93. The van der Waals surface area contributed by atoms with Crippen LogP contribution in [0.4, 0.5) is 0 Å². The Kier molecular flexibility index (Phi) is 9.79. The maximum absolute atomic E-state index is 10.6. The second-order valence-electron chi connectivity index (χ2n) is 14.4. The number of nitrogens with zero attached hydrogens (tertiary/aromatic N) is 3. The minimum Gasteiger partial charge on any atom is -0.270 e. The molecular formula is C36H59N3. The van der Waals surface area contributed by atoms with Crippen LogP contribution in [0.5, 0.6) is 0 Å². The quantitative estimate of drug-likeness (QED) is 0.353. The van der Waals surface area contributed by atoms with E-state index in [-0.39, 0.29) is 12.8 Å². The van der Waals surface area contributed by atoms with Crippen LogP contribution in [-0.4, -0.2) is 9.78 Å². The Morgan fingerprint density at radius 1 is 1.08 bits per heavy atom. The van der Waals surface area contributed by atoms with E-state index in [1.54, 1.807) is 6.20 Å². The van der Waals surface area contributed by atoms with Gasteiger partial charge in [0.05, 0.1) is 29.8 Å². The predicted molar refractivity (Wildman–Crippen MR) is 165 cm³/mol. The average molecular weight is 534 g/mol. The van der Waals surface area contributed by atoms with E-state index in [2.05, 4.69) is 51.7 Å². The molecule has 4 aliphatic rings.